The second-order valence-electron chi connectivity index (χ2n) is 7.45. The third kappa shape index (κ3) is 3.97. The van der Waals surface area contributed by atoms with Gasteiger partial charge in [0.1, 0.15) is 17.8 Å². The predicted octanol–water partition coefficient (Wildman–Crippen LogP) is 3.55. The highest BCUT2D eigenvalue weighted by atomic mass is 79.9. The fraction of sp³-hybridized carbons (Fsp3) is 0.350. The average Bonchev–Trinajstić information content (AvgIpc) is 3.10. The molecule has 3 aromatic rings. The Morgan fingerprint density at radius 1 is 1.31 bits per heavy atom. The molecule has 1 aliphatic heterocycles. The van der Waals surface area contributed by atoms with Gasteiger partial charge in [-0.25, -0.2) is 9.97 Å². The molecule has 0 radical (unpaired) electrons. The molecule has 2 aromatic heterocycles. The summed E-state index contributed by atoms with van der Waals surface area (Å²) in [6.07, 6.45) is 4.48. The summed E-state index contributed by atoms with van der Waals surface area (Å²) in [5.74, 6) is 0.718. The second-order valence-corrected chi connectivity index (χ2v) is 8.74. The van der Waals surface area contributed by atoms with Crippen molar-refractivity contribution in [3.05, 3.63) is 51.8 Å². The summed E-state index contributed by atoms with van der Waals surface area (Å²) in [5.41, 5.74) is 7.37. The zero-order valence-electron chi connectivity index (χ0n) is 16.0. The molecule has 0 unspecified atom stereocenters. The number of nitrogens with two attached hydrogens (primary N) is 1. The smallest absolute Gasteiger partial charge is 0.240 e. The summed E-state index contributed by atoms with van der Waals surface area (Å²) >= 11 is 9.49. The van der Waals surface area contributed by atoms with Gasteiger partial charge in [0.25, 0.3) is 0 Å². The van der Waals surface area contributed by atoms with Gasteiger partial charge in [0.05, 0.1) is 17.0 Å². The number of fused-ring (bicyclic) bond motifs is 1. The van der Waals surface area contributed by atoms with Crippen LogP contribution in [0.4, 0.5) is 5.82 Å². The van der Waals surface area contributed by atoms with E-state index in [-0.39, 0.29) is 11.9 Å². The molecule has 29 heavy (non-hydrogen) atoms. The Labute approximate surface area is 182 Å². The van der Waals surface area contributed by atoms with Crippen molar-refractivity contribution in [1.82, 2.24) is 20.3 Å². The third-order valence-electron chi connectivity index (χ3n) is 5.53. The Morgan fingerprint density at radius 2 is 2.00 bits per heavy atom. The summed E-state index contributed by atoms with van der Waals surface area (Å²) < 4.78 is 0.919. The van der Waals surface area contributed by atoms with E-state index in [9.17, 15) is 4.79 Å². The Bertz CT molecular complexity index is 1030. The number of nitrogens with one attached hydrogen (secondary N) is 2. The highest BCUT2D eigenvalue weighted by molar-refractivity contribution is 9.10. The summed E-state index contributed by atoms with van der Waals surface area (Å²) in [6.45, 7) is 3.23. The standard InChI is InChI=1S/C20H22BrClN6O/c1-12(13-2-4-14(22)5-3-13)27-19(29)20(23)6-8-28(9-7-20)18-16-15(21)10-24-17(16)25-11-26-18/h2-5,10-12H,6-9,23H2,1H3,(H,27,29)(H,24,25,26)/t12-/m0/s1. The molecule has 1 saturated heterocycles. The van der Waals surface area contributed by atoms with E-state index in [1.807, 2.05) is 37.4 Å². The number of aromatic amines is 1. The maximum absolute atomic E-state index is 12.9. The number of hydrogen-bond donors (Lipinski definition) is 3. The number of amides is 1. The molecular formula is C20H22BrClN6O. The number of piperidine rings is 1. The minimum Gasteiger partial charge on any atom is -0.356 e. The number of halogens is 2. The predicted molar refractivity (Wildman–Crippen MR) is 118 cm³/mol. The van der Waals surface area contributed by atoms with E-state index in [4.69, 9.17) is 17.3 Å². The molecule has 152 valence electrons. The molecule has 0 bridgehead atoms. The Kier molecular flexibility index (Phi) is 5.50. The van der Waals surface area contributed by atoms with Crippen molar-refractivity contribution in [2.24, 2.45) is 5.73 Å². The average molecular weight is 478 g/mol. The lowest BCUT2D eigenvalue weighted by atomic mass is 9.87. The minimum absolute atomic E-state index is 0.129. The lowest BCUT2D eigenvalue weighted by Crippen LogP contribution is -2.60. The van der Waals surface area contributed by atoms with Crippen LogP contribution in [0.5, 0.6) is 0 Å². The largest absolute Gasteiger partial charge is 0.356 e. The first kappa shape index (κ1) is 20.1. The van der Waals surface area contributed by atoms with Crippen LogP contribution in [0.2, 0.25) is 5.02 Å². The van der Waals surface area contributed by atoms with Crippen LogP contribution < -0.4 is 16.0 Å². The van der Waals surface area contributed by atoms with Gasteiger partial charge in [-0.1, -0.05) is 23.7 Å². The van der Waals surface area contributed by atoms with Crippen LogP contribution in [-0.4, -0.2) is 39.5 Å². The van der Waals surface area contributed by atoms with Crippen molar-refractivity contribution in [2.45, 2.75) is 31.3 Å². The van der Waals surface area contributed by atoms with Crippen LogP contribution in [0.1, 0.15) is 31.4 Å². The van der Waals surface area contributed by atoms with E-state index >= 15 is 0 Å². The topological polar surface area (TPSA) is 99.9 Å². The van der Waals surface area contributed by atoms with E-state index < -0.39 is 5.54 Å². The van der Waals surface area contributed by atoms with Crippen LogP contribution in [0, 0.1) is 0 Å². The summed E-state index contributed by atoms with van der Waals surface area (Å²) in [6, 6.07) is 7.31. The van der Waals surface area contributed by atoms with E-state index in [1.165, 1.54) is 0 Å². The Balaban J connectivity index is 1.44. The van der Waals surface area contributed by atoms with Crippen LogP contribution in [0.15, 0.2) is 41.3 Å². The molecule has 0 saturated carbocycles. The molecule has 0 aliphatic carbocycles. The van der Waals surface area contributed by atoms with E-state index in [1.54, 1.807) is 6.33 Å². The summed E-state index contributed by atoms with van der Waals surface area (Å²) in [4.78, 5) is 26.9. The van der Waals surface area contributed by atoms with Crippen LogP contribution in [-0.2, 0) is 4.79 Å². The van der Waals surface area contributed by atoms with Crippen LogP contribution in [0.25, 0.3) is 11.0 Å². The maximum Gasteiger partial charge on any atom is 0.240 e. The molecule has 4 rings (SSSR count). The molecule has 9 heteroatoms. The number of rotatable bonds is 4. The van der Waals surface area contributed by atoms with Crippen LogP contribution in [0.3, 0.4) is 0 Å². The molecule has 0 spiro atoms. The zero-order chi connectivity index (χ0) is 20.6. The van der Waals surface area contributed by atoms with Gasteiger partial charge in [0, 0.05) is 28.8 Å². The first-order chi connectivity index (χ1) is 13.9. The molecule has 1 aliphatic rings. The van der Waals surface area contributed by atoms with Gasteiger partial charge in [0.15, 0.2) is 0 Å². The Hall–Kier alpha value is -2.16. The van der Waals surface area contributed by atoms with Gasteiger partial charge in [0.2, 0.25) is 5.91 Å². The van der Waals surface area contributed by atoms with Crippen molar-refractivity contribution in [3.63, 3.8) is 0 Å². The number of benzene rings is 1. The minimum atomic E-state index is -0.904. The molecule has 1 atom stereocenters. The third-order valence-corrected chi connectivity index (χ3v) is 6.40. The fourth-order valence-corrected chi connectivity index (χ4v) is 4.27. The molecular weight excluding hydrogens is 456 g/mol. The molecule has 1 aromatic carbocycles. The first-order valence-electron chi connectivity index (χ1n) is 9.45. The molecule has 7 nitrogen and oxygen atoms in total. The molecule has 1 amide bonds. The Morgan fingerprint density at radius 3 is 2.69 bits per heavy atom. The van der Waals surface area contributed by atoms with Crippen LogP contribution >= 0.6 is 27.5 Å². The van der Waals surface area contributed by atoms with E-state index in [0.29, 0.717) is 31.0 Å². The number of H-pyrrole nitrogens is 1. The van der Waals surface area contributed by atoms with E-state index in [2.05, 4.69) is 41.1 Å². The number of carbonyl (C=O) groups is 1. The number of aromatic nitrogens is 3. The normalized spacial score (nSPS) is 17.3. The van der Waals surface area contributed by atoms with Gasteiger partial charge in [-0.15, -0.1) is 0 Å². The zero-order valence-corrected chi connectivity index (χ0v) is 18.3. The number of hydrogen-bond acceptors (Lipinski definition) is 5. The first-order valence-corrected chi connectivity index (χ1v) is 10.6. The molecule has 4 N–H and O–H groups in total. The van der Waals surface area contributed by atoms with Gasteiger partial charge >= 0.3 is 0 Å². The van der Waals surface area contributed by atoms with E-state index in [0.717, 1.165) is 26.9 Å². The SMILES string of the molecule is C[C@H](NC(=O)C1(N)CCN(c2ncnc3[nH]cc(Br)c23)CC1)c1ccc(Cl)cc1. The monoisotopic (exact) mass is 476 g/mol. The maximum atomic E-state index is 12.9. The van der Waals surface area contributed by atoms with Gasteiger partial charge in [-0.2, -0.15) is 0 Å². The lowest BCUT2D eigenvalue weighted by Gasteiger charge is -2.39. The van der Waals surface area contributed by atoms with Gasteiger partial charge in [-0.05, 0) is 53.4 Å². The highest BCUT2D eigenvalue weighted by Gasteiger charge is 2.39. The van der Waals surface area contributed by atoms with Gasteiger partial charge < -0.3 is 20.9 Å². The summed E-state index contributed by atoms with van der Waals surface area (Å²) in [5, 5.41) is 4.66. The van der Waals surface area contributed by atoms with Crippen molar-refractivity contribution in [2.75, 3.05) is 18.0 Å². The van der Waals surface area contributed by atoms with Crippen molar-refractivity contribution in [3.8, 4) is 0 Å². The fourth-order valence-electron chi connectivity index (χ4n) is 3.67. The molecule has 3 heterocycles. The summed E-state index contributed by atoms with van der Waals surface area (Å²) in [7, 11) is 0. The van der Waals surface area contributed by atoms with Crippen molar-refractivity contribution < 1.29 is 4.79 Å². The number of anilines is 1. The van der Waals surface area contributed by atoms with Crippen molar-refractivity contribution >= 4 is 50.3 Å². The highest BCUT2D eigenvalue weighted by Crippen LogP contribution is 2.33. The quantitative estimate of drug-likeness (QED) is 0.534. The number of carbonyl (C=O) groups excluding carboxylic acids is 1. The van der Waals surface area contributed by atoms with Crippen molar-refractivity contribution in [1.29, 1.82) is 0 Å². The van der Waals surface area contributed by atoms with Gasteiger partial charge in [-0.3, -0.25) is 4.79 Å². The second kappa shape index (κ2) is 7.93. The lowest BCUT2D eigenvalue weighted by molar-refractivity contribution is -0.127. The number of nitrogens with zero attached hydrogens (tertiary/aromatic N) is 3. The molecule has 1 fully saturated rings.